The molecule has 0 atom stereocenters. The van der Waals surface area contributed by atoms with Crippen LogP contribution in [0, 0.1) is 11.6 Å². The van der Waals surface area contributed by atoms with Crippen molar-refractivity contribution in [2.75, 3.05) is 24.3 Å². The predicted molar refractivity (Wildman–Crippen MR) is 117 cm³/mol. The molecule has 1 aliphatic carbocycles. The largest absolute Gasteiger partial charge is 0.362 e. The number of hydrogen-bond acceptors (Lipinski definition) is 5. The zero-order valence-corrected chi connectivity index (χ0v) is 17.5. The highest BCUT2D eigenvalue weighted by molar-refractivity contribution is 5.94. The van der Waals surface area contributed by atoms with Crippen molar-refractivity contribution in [3.8, 4) is 0 Å². The quantitative estimate of drug-likeness (QED) is 0.643. The number of amides is 1. The third kappa shape index (κ3) is 4.90. The van der Waals surface area contributed by atoms with Gasteiger partial charge < -0.3 is 15.5 Å². The normalized spacial score (nSPS) is 18.6. The molecule has 6 nitrogen and oxygen atoms in total. The number of hydrogen-bond donors (Lipinski definition) is 2. The van der Waals surface area contributed by atoms with Crippen LogP contribution in [0.15, 0.2) is 42.5 Å². The molecule has 1 aromatic heterocycles. The highest BCUT2D eigenvalue weighted by Gasteiger charge is 2.24. The lowest BCUT2D eigenvalue weighted by Gasteiger charge is -2.30. The Kier molecular flexibility index (Phi) is 5.97. The summed E-state index contributed by atoms with van der Waals surface area (Å²) in [6.07, 6.45) is 3.18. The molecule has 31 heavy (non-hydrogen) atoms. The molecule has 1 saturated carbocycles. The molecular formula is C23H25F2N5O. The van der Waals surface area contributed by atoms with Gasteiger partial charge in [-0.2, -0.15) is 4.98 Å². The van der Waals surface area contributed by atoms with Gasteiger partial charge in [-0.15, -0.1) is 0 Å². The SMILES string of the molecule is CN(C)c1nc(N[C@H]2CC[C@@H](NC(=O)c3cc(F)cc(F)c3)CC2)nc2ccccc12. The summed E-state index contributed by atoms with van der Waals surface area (Å²) in [5.41, 5.74) is 0.880. The number of fused-ring (bicyclic) bond motifs is 1. The summed E-state index contributed by atoms with van der Waals surface area (Å²) in [6.45, 7) is 0. The maximum absolute atomic E-state index is 13.4. The van der Waals surface area contributed by atoms with E-state index in [4.69, 9.17) is 0 Å². The fourth-order valence-corrected chi connectivity index (χ4v) is 3.98. The van der Waals surface area contributed by atoms with Crippen molar-refractivity contribution in [2.45, 2.75) is 37.8 Å². The second-order valence-corrected chi connectivity index (χ2v) is 8.11. The molecule has 8 heteroatoms. The van der Waals surface area contributed by atoms with Crippen LogP contribution in [0.5, 0.6) is 0 Å². The van der Waals surface area contributed by atoms with Crippen LogP contribution in [0.1, 0.15) is 36.0 Å². The zero-order valence-electron chi connectivity index (χ0n) is 17.5. The summed E-state index contributed by atoms with van der Waals surface area (Å²) in [5.74, 6) is -0.527. The van der Waals surface area contributed by atoms with Crippen molar-refractivity contribution >= 4 is 28.6 Å². The van der Waals surface area contributed by atoms with E-state index in [0.29, 0.717) is 5.95 Å². The van der Waals surface area contributed by atoms with E-state index in [2.05, 4.69) is 20.6 Å². The molecule has 1 aliphatic rings. The van der Waals surface area contributed by atoms with E-state index in [9.17, 15) is 13.6 Å². The van der Waals surface area contributed by atoms with Crippen LogP contribution in [0.25, 0.3) is 10.9 Å². The van der Waals surface area contributed by atoms with Gasteiger partial charge in [0.15, 0.2) is 0 Å². The van der Waals surface area contributed by atoms with Gasteiger partial charge in [-0.1, -0.05) is 12.1 Å². The lowest BCUT2D eigenvalue weighted by molar-refractivity contribution is 0.0925. The lowest BCUT2D eigenvalue weighted by Crippen LogP contribution is -2.40. The maximum Gasteiger partial charge on any atom is 0.251 e. The minimum atomic E-state index is -0.759. The minimum Gasteiger partial charge on any atom is -0.362 e. The molecule has 2 N–H and O–H groups in total. The fourth-order valence-electron chi connectivity index (χ4n) is 3.98. The first-order valence-corrected chi connectivity index (χ1v) is 10.4. The van der Waals surface area contributed by atoms with Gasteiger partial charge in [0.05, 0.1) is 5.52 Å². The Balaban J connectivity index is 1.38. The van der Waals surface area contributed by atoms with Crippen molar-refractivity contribution < 1.29 is 13.6 Å². The molecule has 0 saturated heterocycles. The van der Waals surface area contributed by atoms with Gasteiger partial charge in [0, 0.05) is 43.2 Å². The summed E-state index contributed by atoms with van der Waals surface area (Å²) in [7, 11) is 3.91. The molecule has 2 aromatic carbocycles. The van der Waals surface area contributed by atoms with E-state index >= 15 is 0 Å². The summed E-state index contributed by atoms with van der Waals surface area (Å²) in [4.78, 5) is 23.6. The Morgan fingerprint density at radius 2 is 1.61 bits per heavy atom. The van der Waals surface area contributed by atoms with Crippen molar-refractivity contribution in [1.29, 1.82) is 0 Å². The Hall–Kier alpha value is -3.29. The number of nitrogens with one attached hydrogen (secondary N) is 2. The van der Waals surface area contributed by atoms with Crippen molar-refractivity contribution in [1.82, 2.24) is 15.3 Å². The van der Waals surface area contributed by atoms with E-state index in [-0.39, 0.29) is 17.6 Å². The third-order valence-corrected chi connectivity index (χ3v) is 5.53. The number of halogens is 2. The molecule has 0 spiro atoms. The number of nitrogens with zero attached hydrogens (tertiary/aromatic N) is 3. The van der Waals surface area contributed by atoms with Crippen LogP contribution in [0.2, 0.25) is 0 Å². The number of benzene rings is 2. The number of carbonyl (C=O) groups is 1. The van der Waals surface area contributed by atoms with Gasteiger partial charge >= 0.3 is 0 Å². The zero-order chi connectivity index (χ0) is 22.0. The van der Waals surface area contributed by atoms with Crippen LogP contribution in [0.3, 0.4) is 0 Å². The Morgan fingerprint density at radius 3 is 2.29 bits per heavy atom. The molecule has 4 rings (SSSR count). The molecule has 0 aliphatic heterocycles. The maximum atomic E-state index is 13.4. The van der Waals surface area contributed by atoms with Gasteiger partial charge in [0.2, 0.25) is 5.95 Å². The highest BCUT2D eigenvalue weighted by atomic mass is 19.1. The summed E-state index contributed by atoms with van der Waals surface area (Å²) < 4.78 is 26.7. The van der Waals surface area contributed by atoms with Gasteiger partial charge in [0.1, 0.15) is 17.5 Å². The van der Waals surface area contributed by atoms with E-state index in [1.165, 1.54) is 0 Å². The van der Waals surface area contributed by atoms with Crippen LogP contribution >= 0.6 is 0 Å². The molecule has 0 unspecified atom stereocenters. The van der Waals surface area contributed by atoms with Gasteiger partial charge in [-0.25, -0.2) is 13.8 Å². The van der Waals surface area contributed by atoms with E-state index < -0.39 is 17.5 Å². The Bertz CT molecular complexity index is 1080. The number of anilines is 2. The van der Waals surface area contributed by atoms with Gasteiger partial charge in [-0.3, -0.25) is 4.79 Å². The molecule has 1 fully saturated rings. The number of aromatic nitrogens is 2. The molecule has 1 amide bonds. The van der Waals surface area contributed by atoms with Gasteiger partial charge in [-0.05, 0) is 49.9 Å². The second kappa shape index (κ2) is 8.83. The summed E-state index contributed by atoms with van der Waals surface area (Å²) >= 11 is 0. The van der Waals surface area contributed by atoms with E-state index in [1.807, 2.05) is 43.3 Å². The van der Waals surface area contributed by atoms with Crippen molar-refractivity contribution in [3.63, 3.8) is 0 Å². The Morgan fingerprint density at radius 1 is 0.968 bits per heavy atom. The summed E-state index contributed by atoms with van der Waals surface area (Å²) in [6, 6.07) is 10.9. The summed E-state index contributed by atoms with van der Waals surface area (Å²) in [5, 5.41) is 7.31. The predicted octanol–water partition coefficient (Wildman–Crippen LogP) is 4.13. The molecule has 3 aromatic rings. The molecule has 0 bridgehead atoms. The van der Waals surface area contributed by atoms with Crippen LogP contribution in [-0.2, 0) is 0 Å². The average Bonchev–Trinajstić information content (AvgIpc) is 2.73. The average molecular weight is 425 g/mol. The van der Waals surface area contributed by atoms with Crippen LogP contribution in [0.4, 0.5) is 20.5 Å². The minimum absolute atomic E-state index is 0.00136. The number of para-hydroxylation sites is 1. The standard InChI is InChI=1S/C23H25F2N5O/c1-30(2)21-19-5-3-4-6-20(19)28-23(29-21)27-18-9-7-17(8-10-18)26-22(31)14-11-15(24)13-16(25)12-14/h3-6,11-13,17-18H,7-10H2,1-2H3,(H,26,31)(H,27,28,29)/t17-,18+. The van der Waals surface area contributed by atoms with Crippen LogP contribution < -0.4 is 15.5 Å². The first kappa shape index (κ1) is 21.0. The first-order valence-electron chi connectivity index (χ1n) is 10.4. The second-order valence-electron chi connectivity index (χ2n) is 8.11. The van der Waals surface area contributed by atoms with Crippen molar-refractivity contribution in [2.24, 2.45) is 0 Å². The van der Waals surface area contributed by atoms with Gasteiger partial charge in [0.25, 0.3) is 5.91 Å². The monoisotopic (exact) mass is 425 g/mol. The number of rotatable bonds is 5. The number of carbonyl (C=O) groups excluding carboxylic acids is 1. The topological polar surface area (TPSA) is 70.2 Å². The highest BCUT2D eigenvalue weighted by Crippen LogP contribution is 2.26. The third-order valence-electron chi connectivity index (χ3n) is 5.53. The molecule has 1 heterocycles. The fraction of sp³-hybridized carbons (Fsp3) is 0.348. The smallest absolute Gasteiger partial charge is 0.251 e. The van der Waals surface area contributed by atoms with E-state index in [1.54, 1.807) is 0 Å². The lowest BCUT2D eigenvalue weighted by atomic mass is 9.91. The molecule has 0 radical (unpaired) electrons. The van der Waals surface area contributed by atoms with Crippen molar-refractivity contribution in [3.05, 3.63) is 59.7 Å². The van der Waals surface area contributed by atoms with E-state index in [0.717, 1.165) is 60.6 Å². The molecular weight excluding hydrogens is 400 g/mol. The van der Waals surface area contributed by atoms with Crippen LogP contribution in [-0.4, -0.2) is 42.1 Å². The first-order chi connectivity index (χ1) is 14.9. The Labute approximate surface area is 179 Å². The molecule has 162 valence electrons.